The Hall–Kier alpha value is -1.38. The second-order valence-corrected chi connectivity index (χ2v) is 4.98. The van der Waals surface area contributed by atoms with E-state index in [9.17, 15) is 9.18 Å². The van der Waals surface area contributed by atoms with Crippen LogP contribution in [0.25, 0.3) is 0 Å². The third-order valence-corrected chi connectivity index (χ3v) is 2.17. The fourth-order valence-electron chi connectivity index (χ4n) is 1.46. The summed E-state index contributed by atoms with van der Waals surface area (Å²) in [5, 5.41) is 0. The van der Waals surface area contributed by atoms with Crippen molar-refractivity contribution in [2.45, 2.75) is 27.2 Å². The lowest BCUT2D eigenvalue weighted by Crippen LogP contribution is -2.14. The molecule has 1 rings (SSSR count). The summed E-state index contributed by atoms with van der Waals surface area (Å²) in [6.07, 6.45) is 0.317. The maximum atomic E-state index is 13.8. The molecule has 0 amide bonds. The molecule has 0 spiro atoms. The molecule has 0 N–H and O–H groups in total. The highest BCUT2D eigenvalue weighted by molar-refractivity contribution is 5.97. The van der Waals surface area contributed by atoms with Crippen molar-refractivity contribution in [2.75, 3.05) is 7.11 Å². The molecule has 0 radical (unpaired) electrons. The zero-order valence-corrected chi connectivity index (χ0v) is 10.1. The Morgan fingerprint density at radius 1 is 1.38 bits per heavy atom. The van der Waals surface area contributed by atoms with Crippen LogP contribution in [-0.4, -0.2) is 12.9 Å². The molecule has 0 aliphatic carbocycles. The summed E-state index contributed by atoms with van der Waals surface area (Å²) in [6.45, 7) is 5.84. The first kappa shape index (κ1) is 12.7. The Labute approximate surface area is 95.4 Å². The molecule has 0 saturated heterocycles. The average Bonchev–Trinajstić information content (AvgIpc) is 2.15. The van der Waals surface area contributed by atoms with Crippen molar-refractivity contribution in [3.63, 3.8) is 0 Å². The van der Waals surface area contributed by atoms with E-state index < -0.39 is 5.82 Å². The predicted octanol–water partition coefficient (Wildman–Crippen LogP) is 3.45. The lowest BCUT2D eigenvalue weighted by molar-refractivity contribution is 0.0935. The molecule has 0 unspecified atom stereocenters. The Balaban J connectivity index is 3.01. The summed E-state index contributed by atoms with van der Waals surface area (Å²) in [5.74, 6) is -0.650. The van der Waals surface area contributed by atoms with E-state index in [1.54, 1.807) is 6.07 Å². The molecule has 0 aromatic heterocycles. The van der Waals surface area contributed by atoms with Crippen molar-refractivity contribution in [2.24, 2.45) is 5.41 Å². The van der Waals surface area contributed by atoms with Crippen molar-refractivity contribution in [1.29, 1.82) is 0 Å². The van der Waals surface area contributed by atoms with Gasteiger partial charge in [-0.1, -0.05) is 26.8 Å². The van der Waals surface area contributed by atoms with E-state index >= 15 is 0 Å². The van der Waals surface area contributed by atoms with E-state index in [1.807, 2.05) is 20.8 Å². The third kappa shape index (κ3) is 3.05. The monoisotopic (exact) mass is 224 g/mol. The fourth-order valence-corrected chi connectivity index (χ4v) is 1.46. The summed E-state index contributed by atoms with van der Waals surface area (Å²) in [7, 11) is 1.39. The van der Waals surface area contributed by atoms with Crippen LogP contribution in [0.3, 0.4) is 0 Å². The van der Waals surface area contributed by atoms with Crippen LogP contribution in [0.15, 0.2) is 18.2 Å². The van der Waals surface area contributed by atoms with E-state index in [1.165, 1.54) is 19.2 Å². The minimum atomic E-state index is -0.570. The quantitative estimate of drug-likeness (QED) is 0.735. The normalized spacial score (nSPS) is 11.3. The number of carbonyl (C=O) groups excluding carboxylic acids is 1. The predicted molar refractivity (Wildman–Crippen MR) is 61.4 cm³/mol. The van der Waals surface area contributed by atoms with Crippen molar-refractivity contribution >= 4 is 5.78 Å². The number of carbonyl (C=O) groups is 1. The van der Waals surface area contributed by atoms with Crippen LogP contribution >= 0.6 is 0 Å². The van der Waals surface area contributed by atoms with Gasteiger partial charge in [0.15, 0.2) is 17.3 Å². The topological polar surface area (TPSA) is 26.3 Å². The molecule has 0 heterocycles. The molecule has 0 aliphatic heterocycles. The highest BCUT2D eigenvalue weighted by Crippen LogP contribution is 2.25. The molecule has 88 valence electrons. The number of hydrogen-bond donors (Lipinski definition) is 0. The summed E-state index contributed by atoms with van der Waals surface area (Å²) in [6, 6.07) is 4.62. The van der Waals surface area contributed by atoms with Crippen molar-refractivity contribution in [1.82, 2.24) is 0 Å². The van der Waals surface area contributed by atoms with E-state index in [-0.39, 0.29) is 22.5 Å². The van der Waals surface area contributed by atoms with Gasteiger partial charge in [0, 0.05) is 6.42 Å². The van der Waals surface area contributed by atoms with Gasteiger partial charge in [-0.15, -0.1) is 0 Å². The maximum absolute atomic E-state index is 13.8. The number of rotatable bonds is 3. The van der Waals surface area contributed by atoms with Crippen LogP contribution in [0.2, 0.25) is 0 Å². The molecule has 1 aromatic rings. The Morgan fingerprint density at radius 3 is 2.50 bits per heavy atom. The fraction of sp³-hybridized carbons (Fsp3) is 0.462. The SMILES string of the molecule is COc1cccc(C(=O)CC(C)(C)C)c1F. The molecule has 0 aliphatic rings. The van der Waals surface area contributed by atoms with Gasteiger partial charge in [0.1, 0.15) is 0 Å². The molecule has 0 atom stereocenters. The molecule has 2 nitrogen and oxygen atoms in total. The zero-order chi connectivity index (χ0) is 12.3. The van der Waals surface area contributed by atoms with Gasteiger partial charge in [0.25, 0.3) is 0 Å². The molecule has 0 saturated carbocycles. The number of hydrogen-bond acceptors (Lipinski definition) is 2. The summed E-state index contributed by atoms with van der Waals surface area (Å²) in [4.78, 5) is 11.9. The first-order valence-corrected chi connectivity index (χ1v) is 5.21. The molecule has 16 heavy (non-hydrogen) atoms. The lowest BCUT2D eigenvalue weighted by atomic mass is 9.88. The summed E-state index contributed by atoms with van der Waals surface area (Å²) < 4.78 is 18.6. The minimum absolute atomic E-state index is 0.106. The van der Waals surface area contributed by atoms with Crippen LogP contribution in [0.4, 0.5) is 4.39 Å². The number of ketones is 1. The van der Waals surface area contributed by atoms with E-state index in [0.717, 1.165) is 0 Å². The zero-order valence-electron chi connectivity index (χ0n) is 10.1. The molecule has 3 heteroatoms. The molecule has 0 bridgehead atoms. The second kappa shape index (κ2) is 4.64. The Kier molecular flexibility index (Phi) is 3.68. The lowest BCUT2D eigenvalue weighted by Gasteiger charge is -2.17. The number of halogens is 1. The van der Waals surface area contributed by atoms with Crippen molar-refractivity contribution < 1.29 is 13.9 Å². The van der Waals surface area contributed by atoms with Gasteiger partial charge in [0.05, 0.1) is 12.7 Å². The van der Waals surface area contributed by atoms with Crippen LogP contribution in [0, 0.1) is 11.2 Å². The Morgan fingerprint density at radius 2 is 2.00 bits per heavy atom. The van der Waals surface area contributed by atoms with Gasteiger partial charge in [-0.3, -0.25) is 4.79 Å². The van der Waals surface area contributed by atoms with Gasteiger partial charge in [0.2, 0.25) is 0 Å². The first-order chi connectivity index (χ1) is 7.35. The Bertz CT molecular complexity index is 391. The van der Waals surface area contributed by atoms with Crippen LogP contribution in [0.1, 0.15) is 37.6 Å². The molecular formula is C13H17FO2. The van der Waals surface area contributed by atoms with Gasteiger partial charge in [-0.2, -0.15) is 0 Å². The smallest absolute Gasteiger partial charge is 0.175 e. The molecular weight excluding hydrogens is 207 g/mol. The molecule has 1 aromatic carbocycles. The highest BCUT2D eigenvalue weighted by Gasteiger charge is 2.21. The first-order valence-electron chi connectivity index (χ1n) is 5.21. The number of ether oxygens (including phenoxy) is 1. The van der Waals surface area contributed by atoms with Gasteiger partial charge >= 0.3 is 0 Å². The van der Waals surface area contributed by atoms with Gasteiger partial charge in [-0.05, 0) is 17.5 Å². The van der Waals surface area contributed by atoms with Crippen LogP contribution < -0.4 is 4.74 Å². The maximum Gasteiger partial charge on any atom is 0.175 e. The number of methoxy groups -OCH3 is 1. The van der Waals surface area contributed by atoms with Crippen molar-refractivity contribution in [3.8, 4) is 5.75 Å². The van der Waals surface area contributed by atoms with E-state index in [2.05, 4.69) is 0 Å². The summed E-state index contributed by atoms with van der Waals surface area (Å²) in [5.41, 5.74) is -0.0404. The average molecular weight is 224 g/mol. The van der Waals surface area contributed by atoms with Gasteiger partial charge < -0.3 is 4.74 Å². The van der Waals surface area contributed by atoms with Crippen LogP contribution in [-0.2, 0) is 0 Å². The van der Waals surface area contributed by atoms with Gasteiger partial charge in [-0.25, -0.2) is 4.39 Å². The standard InChI is InChI=1S/C13H17FO2/c1-13(2,3)8-10(15)9-6-5-7-11(16-4)12(9)14/h5-7H,8H2,1-4H3. The highest BCUT2D eigenvalue weighted by atomic mass is 19.1. The number of benzene rings is 1. The van der Waals surface area contributed by atoms with E-state index in [0.29, 0.717) is 6.42 Å². The minimum Gasteiger partial charge on any atom is -0.494 e. The van der Waals surface area contributed by atoms with Crippen LogP contribution in [0.5, 0.6) is 5.75 Å². The number of Topliss-reactive ketones (excluding diaryl/α,β-unsaturated/α-hetero) is 1. The van der Waals surface area contributed by atoms with E-state index in [4.69, 9.17) is 4.74 Å². The summed E-state index contributed by atoms with van der Waals surface area (Å²) >= 11 is 0. The van der Waals surface area contributed by atoms with Crippen molar-refractivity contribution in [3.05, 3.63) is 29.6 Å². The second-order valence-electron chi connectivity index (χ2n) is 4.98. The molecule has 0 fully saturated rings. The third-order valence-electron chi connectivity index (χ3n) is 2.17. The largest absolute Gasteiger partial charge is 0.494 e.